The highest BCUT2D eigenvalue weighted by atomic mass is 79.9. The number of halogens is 4. The van der Waals surface area contributed by atoms with Crippen LogP contribution < -0.4 is 4.74 Å². The van der Waals surface area contributed by atoms with Crippen LogP contribution in [-0.2, 0) is 0 Å². The molecule has 0 aromatic heterocycles. The van der Waals surface area contributed by atoms with Crippen molar-refractivity contribution in [3.05, 3.63) is 65.0 Å². The lowest BCUT2D eigenvalue weighted by molar-refractivity contribution is 0.242. The molecule has 1 atom stereocenters. The summed E-state index contributed by atoms with van der Waals surface area (Å²) >= 11 is 3.37. The van der Waals surface area contributed by atoms with Gasteiger partial charge in [0.25, 0.3) is 0 Å². The van der Waals surface area contributed by atoms with Gasteiger partial charge in [-0.3, -0.25) is 0 Å². The normalized spacial score (nSPS) is 12.5. The van der Waals surface area contributed by atoms with Gasteiger partial charge in [0.15, 0.2) is 17.5 Å². The molecule has 0 aliphatic carbocycles. The van der Waals surface area contributed by atoms with Crippen LogP contribution in [-0.4, -0.2) is 6.10 Å². The van der Waals surface area contributed by atoms with Crippen LogP contribution in [0.1, 0.15) is 29.8 Å². The summed E-state index contributed by atoms with van der Waals surface area (Å²) in [6.07, 6.45) is 0.0657. The third-order valence-electron chi connectivity index (χ3n) is 2.84. The predicted molar refractivity (Wildman–Crippen MR) is 79.3 cm³/mol. The molecule has 1 nitrogen and oxygen atoms in total. The summed E-state index contributed by atoms with van der Waals surface area (Å²) in [6, 6.07) is 9.10. The Hall–Kier alpha value is -1.49. The molecule has 0 bridgehead atoms. The highest BCUT2D eigenvalue weighted by Crippen LogP contribution is 2.33. The van der Waals surface area contributed by atoms with Crippen molar-refractivity contribution in [2.75, 3.05) is 0 Å². The summed E-state index contributed by atoms with van der Waals surface area (Å²) in [6.45, 7) is 3.84. The highest BCUT2D eigenvalue weighted by molar-refractivity contribution is 9.09. The Labute approximate surface area is 129 Å². The van der Waals surface area contributed by atoms with E-state index in [1.165, 1.54) is 0 Å². The van der Waals surface area contributed by atoms with Crippen molar-refractivity contribution < 1.29 is 17.9 Å². The molecule has 2 rings (SSSR count). The van der Waals surface area contributed by atoms with Crippen molar-refractivity contribution >= 4 is 15.9 Å². The van der Waals surface area contributed by atoms with Crippen molar-refractivity contribution in [3.8, 4) is 5.75 Å². The second kappa shape index (κ2) is 6.52. The standard InChI is InChI=1S/C16H14BrF3O/c1-9(2)21-12-5-3-10(4-6-12)15(17)11-7-13(18)16(20)14(19)8-11/h3-9,15H,1-2H3. The number of ether oxygens (including phenoxy) is 1. The lowest BCUT2D eigenvalue weighted by atomic mass is 10.0. The Morgan fingerprint density at radius 3 is 1.90 bits per heavy atom. The SMILES string of the molecule is CC(C)Oc1ccc(C(Br)c2cc(F)c(F)c(F)c2)cc1. The molecule has 0 amide bonds. The number of rotatable bonds is 4. The lowest BCUT2D eigenvalue weighted by Gasteiger charge is -2.14. The van der Waals surface area contributed by atoms with E-state index in [-0.39, 0.29) is 6.10 Å². The minimum atomic E-state index is -1.46. The van der Waals surface area contributed by atoms with Gasteiger partial charge in [-0.05, 0) is 49.2 Å². The molecule has 112 valence electrons. The Morgan fingerprint density at radius 2 is 1.43 bits per heavy atom. The maximum Gasteiger partial charge on any atom is 0.194 e. The van der Waals surface area contributed by atoms with E-state index in [0.29, 0.717) is 11.3 Å². The van der Waals surface area contributed by atoms with Crippen LogP contribution in [0, 0.1) is 17.5 Å². The molecule has 0 spiro atoms. The summed E-state index contributed by atoms with van der Waals surface area (Å²) in [5, 5.41) is 0. The van der Waals surface area contributed by atoms with Crippen molar-refractivity contribution in [2.45, 2.75) is 24.8 Å². The van der Waals surface area contributed by atoms with Crippen LogP contribution in [0.15, 0.2) is 36.4 Å². The number of hydrogen-bond donors (Lipinski definition) is 0. The topological polar surface area (TPSA) is 9.23 Å². The van der Waals surface area contributed by atoms with Gasteiger partial charge in [0.1, 0.15) is 5.75 Å². The quantitative estimate of drug-likeness (QED) is 0.526. The molecule has 2 aromatic rings. The first-order valence-electron chi connectivity index (χ1n) is 6.43. The molecule has 0 N–H and O–H groups in total. The van der Waals surface area contributed by atoms with E-state index < -0.39 is 22.3 Å². The van der Waals surface area contributed by atoms with Gasteiger partial charge in [-0.1, -0.05) is 28.1 Å². The molecule has 0 radical (unpaired) electrons. The number of benzene rings is 2. The zero-order valence-corrected chi connectivity index (χ0v) is 13.1. The first kappa shape index (κ1) is 15.9. The average molecular weight is 359 g/mol. The van der Waals surface area contributed by atoms with Gasteiger partial charge >= 0.3 is 0 Å². The van der Waals surface area contributed by atoms with Crippen LogP contribution in [0.3, 0.4) is 0 Å². The maximum atomic E-state index is 13.3. The van der Waals surface area contributed by atoms with Crippen molar-refractivity contribution in [1.82, 2.24) is 0 Å². The van der Waals surface area contributed by atoms with Crippen LogP contribution >= 0.6 is 15.9 Å². The fourth-order valence-corrected chi connectivity index (χ4v) is 2.47. The molecule has 0 aliphatic rings. The summed E-state index contributed by atoms with van der Waals surface area (Å²) in [5.41, 5.74) is 1.10. The van der Waals surface area contributed by atoms with Gasteiger partial charge in [-0.15, -0.1) is 0 Å². The third kappa shape index (κ3) is 3.79. The molecule has 0 saturated heterocycles. The van der Waals surface area contributed by atoms with E-state index in [0.717, 1.165) is 17.7 Å². The highest BCUT2D eigenvalue weighted by Gasteiger charge is 2.17. The summed E-state index contributed by atoms with van der Waals surface area (Å²) in [4.78, 5) is -0.435. The number of hydrogen-bond acceptors (Lipinski definition) is 1. The average Bonchev–Trinajstić information content (AvgIpc) is 2.43. The second-order valence-electron chi connectivity index (χ2n) is 4.90. The molecule has 5 heteroatoms. The van der Waals surface area contributed by atoms with Crippen LogP contribution in [0.5, 0.6) is 5.75 Å². The zero-order valence-electron chi connectivity index (χ0n) is 11.5. The van der Waals surface area contributed by atoms with Crippen LogP contribution in [0.4, 0.5) is 13.2 Å². The van der Waals surface area contributed by atoms with E-state index >= 15 is 0 Å². The molecule has 2 aromatic carbocycles. The van der Waals surface area contributed by atoms with Crippen LogP contribution in [0.2, 0.25) is 0 Å². The fourth-order valence-electron chi connectivity index (χ4n) is 1.90. The minimum absolute atomic E-state index is 0.0657. The first-order chi connectivity index (χ1) is 9.88. The monoisotopic (exact) mass is 358 g/mol. The molecule has 0 aliphatic heterocycles. The number of alkyl halides is 1. The molecule has 0 saturated carbocycles. The summed E-state index contributed by atoms with van der Waals surface area (Å²) in [7, 11) is 0. The molecular formula is C16H14BrF3O. The lowest BCUT2D eigenvalue weighted by Crippen LogP contribution is -2.05. The Kier molecular flexibility index (Phi) is 4.93. The fraction of sp³-hybridized carbons (Fsp3) is 0.250. The largest absolute Gasteiger partial charge is 0.491 e. The van der Waals surface area contributed by atoms with E-state index in [9.17, 15) is 13.2 Å². The zero-order chi connectivity index (χ0) is 15.6. The first-order valence-corrected chi connectivity index (χ1v) is 7.35. The van der Waals surface area contributed by atoms with E-state index in [1.54, 1.807) is 24.3 Å². The van der Waals surface area contributed by atoms with Crippen molar-refractivity contribution in [2.24, 2.45) is 0 Å². The Bertz CT molecular complexity index is 603. The maximum absolute atomic E-state index is 13.3. The molecular weight excluding hydrogens is 345 g/mol. The predicted octanol–water partition coefficient (Wildman–Crippen LogP) is 5.38. The van der Waals surface area contributed by atoms with E-state index in [4.69, 9.17) is 4.74 Å². The third-order valence-corrected chi connectivity index (χ3v) is 3.90. The van der Waals surface area contributed by atoms with Gasteiger partial charge in [0.2, 0.25) is 0 Å². The molecule has 1 unspecified atom stereocenters. The summed E-state index contributed by atoms with van der Waals surface area (Å²) in [5.74, 6) is -3.15. The Morgan fingerprint density at radius 1 is 0.905 bits per heavy atom. The van der Waals surface area contributed by atoms with E-state index in [1.807, 2.05) is 13.8 Å². The molecule has 21 heavy (non-hydrogen) atoms. The van der Waals surface area contributed by atoms with Gasteiger partial charge in [-0.2, -0.15) is 0 Å². The van der Waals surface area contributed by atoms with Crippen molar-refractivity contribution in [3.63, 3.8) is 0 Å². The van der Waals surface area contributed by atoms with Gasteiger partial charge in [0, 0.05) is 0 Å². The van der Waals surface area contributed by atoms with Gasteiger partial charge in [-0.25, -0.2) is 13.2 Å². The van der Waals surface area contributed by atoms with E-state index in [2.05, 4.69) is 15.9 Å². The van der Waals surface area contributed by atoms with Gasteiger partial charge < -0.3 is 4.74 Å². The Balaban J connectivity index is 2.25. The minimum Gasteiger partial charge on any atom is -0.491 e. The van der Waals surface area contributed by atoms with Crippen LogP contribution in [0.25, 0.3) is 0 Å². The molecule has 0 heterocycles. The van der Waals surface area contributed by atoms with Crippen molar-refractivity contribution in [1.29, 1.82) is 0 Å². The van der Waals surface area contributed by atoms with Gasteiger partial charge in [0.05, 0.1) is 10.9 Å². The smallest absolute Gasteiger partial charge is 0.194 e. The summed E-state index contributed by atoms with van der Waals surface area (Å²) < 4.78 is 45.0. The molecule has 0 fully saturated rings. The second-order valence-corrected chi connectivity index (χ2v) is 5.81.